The maximum Gasteiger partial charge on any atom is 0.330 e. The summed E-state index contributed by atoms with van der Waals surface area (Å²) in [5, 5.41) is 0. The predicted molar refractivity (Wildman–Crippen MR) is 91.2 cm³/mol. The summed E-state index contributed by atoms with van der Waals surface area (Å²) in [4.78, 5) is 11.3. The van der Waals surface area contributed by atoms with Crippen molar-refractivity contribution in [2.75, 3.05) is 6.61 Å². The topological polar surface area (TPSA) is 26.3 Å². The number of carbonyl (C=O) groups is 1. The van der Waals surface area contributed by atoms with Gasteiger partial charge in [0.2, 0.25) is 0 Å². The summed E-state index contributed by atoms with van der Waals surface area (Å²) in [6.45, 7) is 11.1. The highest BCUT2D eigenvalue weighted by Gasteiger charge is 2.05. The van der Waals surface area contributed by atoms with Crippen molar-refractivity contribution in [3.63, 3.8) is 0 Å². The van der Waals surface area contributed by atoms with Crippen LogP contribution >= 0.6 is 0 Å². The highest BCUT2D eigenvalue weighted by molar-refractivity contribution is 5.83. The molecule has 0 saturated carbocycles. The van der Waals surface area contributed by atoms with Crippen LogP contribution in [0.3, 0.4) is 0 Å². The molecule has 0 spiro atoms. The van der Waals surface area contributed by atoms with E-state index in [9.17, 15) is 4.79 Å². The molecule has 122 valence electrons. The molecular weight excluding hydrogens is 260 g/mol. The Kier molecular flexibility index (Phi) is 12.0. The first-order valence-corrected chi connectivity index (χ1v) is 8.51. The van der Waals surface area contributed by atoms with Gasteiger partial charge < -0.3 is 4.74 Å². The summed E-state index contributed by atoms with van der Waals surface area (Å²) in [7, 11) is 0. The van der Waals surface area contributed by atoms with Crippen LogP contribution in [-0.4, -0.2) is 12.6 Å². The second-order valence-electron chi connectivity index (χ2n) is 6.20. The van der Waals surface area contributed by atoms with Crippen molar-refractivity contribution < 1.29 is 9.53 Å². The lowest BCUT2D eigenvalue weighted by molar-refractivity contribution is -0.137. The Morgan fingerprint density at radius 3 is 2.24 bits per heavy atom. The molecule has 0 radical (unpaired) electrons. The Labute approximate surface area is 131 Å². The molecule has 0 amide bonds. The van der Waals surface area contributed by atoms with Gasteiger partial charge in [0.05, 0.1) is 6.61 Å². The standard InChI is InChI=1S/C19H34O2/c1-6-10-16(3)13-14-17(4)11-8-9-12-18(5)15-19(20)21-7-2/h9,12,15-17H,6-8,10-11,13-14H2,1-5H3/b12-9+,18-15+. The summed E-state index contributed by atoms with van der Waals surface area (Å²) in [5.74, 6) is 1.39. The number of esters is 1. The van der Waals surface area contributed by atoms with Gasteiger partial charge in [-0.1, -0.05) is 58.6 Å². The molecule has 0 aromatic carbocycles. The normalized spacial score (nSPS) is 15.2. The Balaban J connectivity index is 3.86. The van der Waals surface area contributed by atoms with Gasteiger partial charge in [-0.15, -0.1) is 0 Å². The third-order valence-electron chi connectivity index (χ3n) is 3.77. The molecule has 21 heavy (non-hydrogen) atoms. The number of rotatable bonds is 11. The Bertz CT molecular complexity index is 328. The Morgan fingerprint density at radius 2 is 1.67 bits per heavy atom. The summed E-state index contributed by atoms with van der Waals surface area (Å²) >= 11 is 0. The van der Waals surface area contributed by atoms with Gasteiger partial charge in [0, 0.05) is 6.08 Å². The van der Waals surface area contributed by atoms with Crippen molar-refractivity contribution in [2.24, 2.45) is 11.8 Å². The predicted octanol–water partition coefficient (Wildman–Crippen LogP) is 5.68. The maximum atomic E-state index is 11.3. The van der Waals surface area contributed by atoms with Crippen LogP contribution in [0.15, 0.2) is 23.8 Å². The molecule has 2 nitrogen and oxygen atoms in total. The molecule has 0 bridgehead atoms. The molecule has 0 aliphatic rings. The van der Waals surface area contributed by atoms with E-state index in [1.165, 1.54) is 32.1 Å². The van der Waals surface area contributed by atoms with Crippen LogP contribution in [-0.2, 0) is 9.53 Å². The van der Waals surface area contributed by atoms with Crippen molar-refractivity contribution in [1.82, 2.24) is 0 Å². The zero-order valence-corrected chi connectivity index (χ0v) is 14.7. The first kappa shape index (κ1) is 19.9. The molecule has 0 aliphatic carbocycles. The van der Waals surface area contributed by atoms with Crippen LogP contribution in [0.2, 0.25) is 0 Å². The van der Waals surface area contributed by atoms with Crippen molar-refractivity contribution in [3.8, 4) is 0 Å². The minimum atomic E-state index is -0.252. The van der Waals surface area contributed by atoms with E-state index in [1.807, 2.05) is 19.9 Å². The van der Waals surface area contributed by atoms with Gasteiger partial charge in [-0.25, -0.2) is 4.79 Å². The van der Waals surface area contributed by atoms with E-state index in [0.29, 0.717) is 6.61 Å². The van der Waals surface area contributed by atoms with Crippen molar-refractivity contribution in [2.45, 2.75) is 73.1 Å². The fraction of sp³-hybridized carbons (Fsp3) is 0.737. The van der Waals surface area contributed by atoms with E-state index >= 15 is 0 Å². The summed E-state index contributed by atoms with van der Waals surface area (Å²) in [6, 6.07) is 0. The molecule has 2 heteroatoms. The molecule has 0 heterocycles. The number of hydrogen-bond acceptors (Lipinski definition) is 2. The van der Waals surface area contributed by atoms with Gasteiger partial charge in [0.25, 0.3) is 0 Å². The number of allylic oxidation sites excluding steroid dienone is 3. The third kappa shape index (κ3) is 12.4. The van der Waals surface area contributed by atoms with E-state index < -0.39 is 0 Å². The SMILES string of the molecule is CCCC(C)CCC(C)CC/C=C/C(C)=C/C(=O)OCC. The van der Waals surface area contributed by atoms with Crippen LogP contribution < -0.4 is 0 Å². The monoisotopic (exact) mass is 294 g/mol. The Hall–Kier alpha value is -1.05. The molecule has 0 fully saturated rings. The van der Waals surface area contributed by atoms with Crippen LogP contribution in [0.25, 0.3) is 0 Å². The lowest BCUT2D eigenvalue weighted by Crippen LogP contribution is -2.00. The molecular formula is C19H34O2. The van der Waals surface area contributed by atoms with Gasteiger partial charge >= 0.3 is 5.97 Å². The molecule has 0 saturated heterocycles. The number of carbonyl (C=O) groups excluding carboxylic acids is 1. The first-order chi connectivity index (χ1) is 9.99. The molecule has 0 rings (SSSR count). The minimum Gasteiger partial charge on any atom is -0.463 e. The molecule has 0 aliphatic heterocycles. The van der Waals surface area contributed by atoms with Crippen LogP contribution in [0.4, 0.5) is 0 Å². The van der Waals surface area contributed by atoms with Gasteiger partial charge in [-0.2, -0.15) is 0 Å². The van der Waals surface area contributed by atoms with Crippen LogP contribution in [0.1, 0.15) is 73.1 Å². The van der Waals surface area contributed by atoms with Crippen molar-refractivity contribution in [1.29, 1.82) is 0 Å². The van der Waals surface area contributed by atoms with Gasteiger partial charge in [-0.05, 0) is 44.1 Å². The fourth-order valence-corrected chi connectivity index (χ4v) is 2.42. The molecule has 0 N–H and O–H groups in total. The van der Waals surface area contributed by atoms with Gasteiger partial charge in [-0.3, -0.25) is 0 Å². The molecule has 2 atom stereocenters. The highest BCUT2D eigenvalue weighted by Crippen LogP contribution is 2.19. The zero-order valence-electron chi connectivity index (χ0n) is 14.7. The second-order valence-corrected chi connectivity index (χ2v) is 6.20. The highest BCUT2D eigenvalue weighted by atomic mass is 16.5. The average molecular weight is 294 g/mol. The smallest absolute Gasteiger partial charge is 0.330 e. The third-order valence-corrected chi connectivity index (χ3v) is 3.77. The summed E-state index contributed by atoms with van der Waals surface area (Å²) in [6.07, 6.45) is 13.4. The summed E-state index contributed by atoms with van der Waals surface area (Å²) < 4.78 is 4.88. The quantitative estimate of drug-likeness (QED) is 0.278. The lowest BCUT2D eigenvalue weighted by Gasteiger charge is -2.14. The maximum absolute atomic E-state index is 11.3. The average Bonchev–Trinajstić information content (AvgIpc) is 2.42. The van der Waals surface area contributed by atoms with Crippen molar-refractivity contribution >= 4 is 5.97 Å². The Morgan fingerprint density at radius 1 is 1.05 bits per heavy atom. The fourth-order valence-electron chi connectivity index (χ4n) is 2.42. The largest absolute Gasteiger partial charge is 0.463 e. The zero-order chi connectivity index (χ0) is 16.1. The number of hydrogen-bond donors (Lipinski definition) is 0. The second kappa shape index (κ2) is 12.7. The molecule has 0 aromatic rings. The number of ether oxygens (including phenoxy) is 1. The molecule has 2 unspecified atom stereocenters. The van der Waals surface area contributed by atoms with Gasteiger partial charge in [0.1, 0.15) is 0 Å². The van der Waals surface area contributed by atoms with Crippen LogP contribution in [0, 0.1) is 11.8 Å². The lowest BCUT2D eigenvalue weighted by atomic mass is 9.92. The van der Waals surface area contributed by atoms with E-state index in [1.54, 1.807) is 6.08 Å². The first-order valence-electron chi connectivity index (χ1n) is 8.51. The van der Waals surface area contributed by atoms with Crippen molar-refractivity contribution in [3.05, 3.63) is 23.8 Å². The van der Waals surface area contributed by atoms with E-state index in [2.05, 4.69) is 26.8 Å². The van der Waals surface area contributed by atoms with E-state index in [-0.39, 0.29) is 5.97 Å². The molecule has 0 aromatic heterocycles. The van der Waals surface area contributed by atoms with E-state index in [4.69, 9.17) is 4.74 Å². The van der Waals surface area contributed by atoms with E-state index in [0.717, 1.165) is 23.8 Å². The van der Waals surface area contributed by atoms with Gasteiger partial charge in [0.15, 0.2) is 0 Å². The summed E-state index contributed by atoms with van der Waals surface area (Å²) in [5.41, 5.74) is 0.956. The van der Waals surface area contributed by atoms with Crippen LogP contribution in [0.5, 0.6) is 0 Å². The minimum absolute atomic E-state index is 0.252.